The van der Waals surface area contributed by atoms with Crippen molar-refractivity contribution < 1.29 is 14.6 Å². The zero-order chi connectivity index (χ0) is 11.2. The third kappa shape index (κ3) is 8.05. The van der Waals surface area contributed by atoms with Gasteiger partial charge in [0.15, 0.2) is 0 Å². The minimum Gasteiger partial charge on any atom is -0.460 e. The molecule has 0 aromatic rings. The molecule has 0 unspecified atom stereocenters. The van der Waals surface area contributed by atoms with Gasteiger partial charge >= 0.3 is 5.97 Å². The lowest BCUT2D eigenvalue weighted by Crippen LogP contribution is -2.23. The average molecular weight is 202 g/mol. The van der Waals surface area contributed by atoms with E-state index < -0.39 is 5.60 Å². The van der Waals surface area contributed by atoms with Crippen LogP contribution in [0, 0.1) is 0 Å². The molecule has 0 heterocycles. The first kappa shape index (κ1) is 13.4. The fourth-order valence-corrected chi connectivity index (χ4v) is 1.08. The summed E-state index contributed by atoms with van der Waals surface area (Å²) in [5.41, 5.74) is -0.402. The first-order chi connectivity index (χ1) is 6.35. The molecule has 1 N–H and O–H groups in total. The van der Waals surface area contributed by atoms with Gasteiger partial charge in [-0.1, -0.05) is 6.92 Å². The van der Waals surface area contributed by atoms with Crippen LogP contribution in [0.5, 0.6) is 0 Å². The predicted molar refractivity (Wildman–Crippen MR) is 56.0 cm³/mol. The maximum Gasteiger partial charge on any atom is 0.306 e. The molecule has 0 rings (SSSR count). The van der Waals surface area contributed by atoms with Gasteiger partial charge in [0, 0.05) is 6.42 Å². The van der Waals surface area contributed by atoms with Crippen molar-refractivity contribution in [2.24, 2.45) is 0 Å². The summed E-state index contributed by atoms with van der Waals surface area (Å²) in [6.07, 6.45) is 2.24. The molecule has 0 spiro atoms. The van der Waals surface area contributed by atoms with Crippen LogP contribution >= 0.6 is 0 Å². The molecule has 0 saturated heterocycles. The first-order valence-electron chi connectivity index (χ1n) is 5.25. The van der Waals surface area contributed by atoms with Gasteiger partial charge in [0.2, 0.25) is 0 Å². The molecule has 14 heavy (non-hydrogen) atoms. The Morgan fingerprint density at radius 3 is 2.43 bits per heavy atom. The Labute approximate surface area is 86.5 Å². The van der Waals surface area contributed by atoms with E-state index in [4.69, 9.17) is 4.74 Å². The molecule has 0 aromatic carbocycles. The molecule has 3 heteroatoms. The molecule has 0 radical (unpaired) electrons. The second-order valence-electron chi connectivity index (χ2n) is 4.54. The third-order valence-corrected chi connectivity index (χ3v) is 1.81. The predicted octanol–water partition coefficient (Wildman–Crippen LogP) is 2.27. The normalized spacial score (nSPS) is 13.8. The first-order valence-corrected chi connectivity index (χ1v) is 5.25. The Morgan fingerprint density at radius 2 is 2.00 bits per heavy atom. The van der Waals surface area contributed by atoms with Crippen LogP contribution in [0.4, 0.5) is 0 Å². The van der Waals surface area contributed by atoms with E-state index in [1.54, 1.807) is 0 Å². The van der Waals surface area contributed by atoms with Crippen molar-refractivity contribution in [3.63, 3.8) is 0 Å². The quantitative estimate of drug-likeness (QED) is 0.696. The van der Waals surface area contributed by atoms with Gasteiger partial charge < -0.3 is 9.84 Å². The largest absolute Gasteiger partial charge is 0.460 e. The molecule has 1 atom stereocenters. The lowest BCUT2D eigenvalue weighted by Gasteiger charge is -2.19. The fraction of sp³-hybridized carbons (Fsp3) is 0.909. The zero-order valence-electron chi connectivity index (χ0n) is 9.67. The number of rotatable bonds is 5. The molecule has 0 aliphatic heterocycles. The standard InChI is InChI=1S/C11H22O3/c1-5-9(12)7-6-8-10(13)14-11(2,3)4/h9,12H,5-8H2,1-4H3/t9-/m0/s1. The van der Waals surface area contributed by atoms with Crippen molar-refractivity contribution in [2.45, 2.75) is 65.1 Å². The molecule has 0 aliphatic rings. The van der Waals surface area contributed by atoms with Gasteiger partial charge in [0.05, 0.1) is 6.10 Å². The third-order valence-electron chi connectivity index (χ3n) is 1.81. The second kappa shape index (κ2) is 6.02. The summed E-state index contributed by atoms with van der Waals surface area (Å²) in [5, 5.41) is 9.25. The number of aliphatic hydroxyl groups excluding tert-OH is 1. The molecule has 84 valence electrons. The van der Waals surface area contributed by atoms with Gasteiger partial charge in [-0.3, -0.25) is 4.79 Å². The molecule has 0 bridgehead atoms. The van der Waals surface area contributed by atoms with Crippen LogP contribution in [0.15, 0.2) is 0 Å². The number of hydrogen-bond donors (Lipinski definition) is 1. The number of esters is 1. The summed E-state index contributed by atoms with van der Waals surface area (Å²) in [6, 6.07) is 0. The molecular formula is C11H22O3. The van der Waals surface area contributed by atoms with Crippen LogP contribution in [-0.2, 0) is 9.53 Å². The minimum atomic E-state index is -0.402. The van der Waals surface area contributed by atoms with Crippen LogP contribution in [0.1, 0.15) is 53.4 Å². The summed E-state index contributed by atoms with van der Waals surface area (Å²) < 4.78 is 5.13. The fourth-order valence-electron chi connectivity index (χ4n) is 1.08. The van der Waals surface area contributed by atoms with Crippen molar-refractivity contribution in [1.29, 1.82) is 0 Å². The molecule has 0 aliphatic carbocycles. The highest BCUT2D eigenvalue weighted by Gasteiger charge is 2.15. The van der Waals surface area contributed by atoms with E-state index >= 15 is 0 Å². The lowest BCUT2D eigenvalue weighted by atomic mass is 10.1. The number of carbonyl (C=O) groups excluding carboxylic acids is 1. The van der Waals surface area contributed by atoms with Gasteiger partial charge in [-0.2, -0.15) is 0 Å². The lowest BCUT2D eigenvalue weighted by molar-refractivity contribution is -0.155. The SMILES string of the molecule is CC[C@H](O)CCCC(=O)OC(C)(C)C. The maximum atomic E-state index is 11.2. The summed E-state index contributed by atoms with van der Waals surface area (Å²) in [4.78, 5) is 11.2. The molecule has 0 saturated carbocycles. The minimum absolute atomic E-state index is 0.180. The number of carbonyl (C=O) groups is 1. The van der Waals surface area contributed by atoms with Gasteiger partial charge in [0.25, 0.3) is 0 Å². The molecule has 3 nitrogen and oxygen atoms in total. The summed E-state index contributed by atoms with van der Waals surface area (Å²) in [6.45, 7) is 7.49. The van der Waals surface area contributed by atoms with Crippen LogP contribution < -0.4 is 0 Å². The van der Waals surface area contributed by atoms with E-state index in [2.05, 4.69) is 0 Å². The second-order valence-corrected chi connectivity index (χ2v) is 4.54. The molecule has 0 amide bonds. The van der Waals surface area contributed by atoms with Crippen LogP contribution in [0.3, 0.4) is 0 Å². The van der Waals surface area contributed by atoms with Crippen molar-refractivity contribution in [3.05, 3.63) is 0 Å². The summed E-state index contributed by atoms with van der Waals surface area (Å²) >= 11 is 0. The molecule has 0 fully saturated rings. The highest BCUT2D eigenvalue weighted by atomic mass is 16.6. The molecule has 0 aromatic heterocycles. The van der Waals surface area contributed by atoms with Gasteiger partial charge in [-0.05, 0) is 40.0 Å². The van der Waals surface area contributed by atoms with E-state index in [0.717, 1.165) is 6.42 Å². The Bertz CT molecular complexity index is 170. The smallest absolute Gasteiger partial charge is 0.306 e. The van der Waals surface area contributed by atoms with Crippen molar-refractivity contribution in [1.82, 2.24) is 0 Å². The summed E-state index contributed by atoms with van der Waals surface area (Å²) in [5.74, 6) is -0.180. The zero-order valence-corrected chi connectivity index (χ0v) is 9.67. The van der Waals surface area contributed by atoms with Crippen LogP contribution in [-0.4, -0.2) is 22.8 Å². The highest BCUT2D eigenvalue weighted by molar-refractivity contribution is 5.69. The van der Waals surface area contributed by atoms with E-state index in [1.165, 1.54) is 0 Å². The monoisotopic (exact) mass is 202 g/mol. The highest BCUT2D eigenvalue weighted by Crippen LogP contribution is 2.11. The van der Waals surface area contributed by atoms with E-state index in [1.807, 2.05) is 27.7 Å². The van der Waals surface area contributed by atoms with E-state index in [0.29, 0.717) is 19.3 Å². The maximum absolute atomic E-state index is 11.2. The Balaban J connectivity index is 3.55. The van der Waals surface area contributed by atoms with Crippen molar-refractivity contribution in [2.75, 3.05) is 0 Å². The average Bonchev–Trinajstić information content (AvgIpc) is 2.00. The topological polar surface area (TPSA) is 46.5 Å². The van der Waals surface area contributed by atoms with Gasteiger partial charge in [0.1, 0.15) is 5.60 Å². The Morgan fingerprint density at radius 1 is 1.43 bits per heavy atom. The summed E-state index contributed by atoms with van der Waals surface area (Å²) in [7, 11) is 0. The van der Waals surface area contributed by atoms with E-state index in [-0.39, 0.29) is 12.1 Å². The van der Waals surface area contributed by atoms with E-state index in [9.17, 15) is 9.90 Å². The Kier molecular flexibility index (Phi) is 5.77. The number of aliphatic hydroxyl groups is 1. The van der Waals surface area contributed by atoms with Crippen molar-refractivity contribution >= 4 is 5.97 Å². The number of hydrogen-bond acceptors (Lipinski definition) is 3. The Hall–Kier alpha value is -0.570. The van der Waals surface area contributed by atoms with Crippen LogP contribution in [0.25, 0.3) is 0 Å². The van der Waals surface area contributed by atoms with Gasteiger partial charge in [-0.25, -0.2) is 0 Å². The number of ether oxygens (including phenoxy) is 1. The molecular weight excluding hydrogens is 180 g/mol. The van der Waals surface area contributed by atoms with Crippen molar-refractivity contribution in [3.8, 4) is 0 Å². The van der Waals surface area contributed by atoms with Crippen LogP contribution in [0.2, 0.25) is 0 Å². The van der Waals surface area contributed by atoms with Gasteiger partial charge in [-0.15, -0.1) is 0 Å².